The van der Waals surface area contributed by atoms with Crippen LogP contribution in [0.1, 0.15) is 17.3 Å². The Morgan fingerprint density at radius 2 is 1.88 bits per heavy atom. The first-order valence-corrected chi connectivity index (χ1v) is 6.02. The Hall–Kier alpha value is -0.970. The molecule has 0 bridgehead atoms. The summed E-state index contributed by atoms with van der Waals surface area (Å²) in [6, 6.07) is 7.61. The topological polar surface area (TPSA) is 38.5 Å². The molecular formula is C13H19FN2O. The normalized spacial score (nSPS) is 19.2. The molecule has 1 heterocycles. The summed E-state index contributed by atoms with van der Waals surface area (Å²) in [5.74, 6) is 0. The first-order chi connectivity index (χ1) is 8.29. The van der Waals surface area contributed by atoms with Gasteiger partial charge in [-0.15, -0.1) is 0 Å². The highest BCUT2D eigenvalue weighted by molar-refractivity contribution is 5.24. The molecule has 4 heteroatoms. The van der Waals surface area contributed by atoms with E-state index in [-0.39, 0.29) is 6.54 Å². The van der Waals surface area contributed by atoms with Crippen LogP contribution in [0.2, 0.25) is 0 Å². The highest BCUT2D eigenvalue weighted by Gasteiger charge is 2.11. The van der Waals surface area contributed by atoms with Crippen molar-refractivity contribution >= 4 is 0 Å². The van der Waals surface area contributed by atoms with Crippen molar-refractivity contribution in [3.63, 3.8) is 0 Å². The maximum atomic E-state index is 13.3. The third-order valence-electron chi connectivity index (χ3n) is 3.06. The number of hydrogen-bond acceptors (Lipinski definition) is 3. The maximum Gasteiger partial charge on any atom is 0.137 e. The lowest BCUT2D eigenvalue weighted by Gasteiger charge is -2.26. The lowest BCUT2D eigenvalue weighted by atomic mass is 10.1. The monoisotopic (exact) mass is 238 g/mol. The van der Waals surface area contributed by atoms with Gasteiger partial charge in [0, 0.05) is 26.2 Å². The summed E-state index contributed by atoms with van der Waals surface area (Å²) in [5.41, 5.74) is 7.17. The molecule has 94 valence electrons. The number of morpholine rings is 1. The van der Waals surface area contributed by atoms with Crippen LogP contribution in [0.5, 0.6) is 0 Å². The van der Waals surface area contributed by atoms with E-state index in [2.05, 4.69) is 4.90 Å². The van der Waals surface area contributed by atoms with Crippen LogP contribution in [-0.4, -0.2) is 37.7 Å². The standard InChI is InChI=1S/C13H19FN2O/c14-13(9-15)12-3-1-11(2-4-12)10-16-5-7-17-8-6-16/h1-4,13H,5-10,15H2. The first-order valence-electron chi connectivity index (χ1n) is 6.02. The van der Waals surface area contributed by atoms with Crippen molar-refractivity contribution in [2.45, 2.75) is 12.7 Å². The Morgan fingerprint density at radius 1 is 1.24 bits per heavy atom. The molecule has 0 aromatic heterocycles. The Kier molecular flexibility index (Phi) is 4.48. The number of ether oxygens (including phenoxy) is 1. The highest BCUT2D eigenvalue weighted by atomic mass is 19.1. The van der Waals surface area contributed by atoms with Crippen LogP contribution in [0.25, 0.3) is 0 Å². The minimum Gasteiger partial charge on any atom is -0.379 e. The molecule has 0 aliphatic carbocycles. The number of nitrogens with zero attached hydrogens (tertiary/aromatic N) is 1. The van der Waals surface area contributed by atoms with Crippen LogP contribution in [0.4, 0.5) is 4.39 Å². The predicted octanol–water partition coefficient (Wildman–Crippen LogP) is 1.49. The van der Waals surface area contributed by atoms with Crippen LogP contribution in [0.15, 0.2) is 24.3 Å². The molecule has 1 saturated heterocycles. The lowest BCUT2D eigenvalue weighted by Crippen LogP contribution is -2.35. The van der Waals surface area contributed by atoms with Gasteiger partial charge in [0.05, 0.1) is 13.2 Å². The summed E-state index contributed by atoms with van der Waals surface area (Å²) < 4.78 is 18.6. The fraction of sp³-hybridized carbons (Fsp3) is 0.538. The van der Waals surface area contributed by atoms with E-state index in [0.717, 1.165) is 32.8 Å². The second-order valence-electron chi connectivity index (χ2n) is 4.33. The molecule has 2 rings (SSSR count). The fourth-order valence-electron chi connectivity index (χ4n) is 1.99. The fourth-order valence-corrected chi connectivity index (χ4v) is 1.99. The lowest BCUT2D eigenvalue weighted by molar-refractivity contribution is 0.0342. The van der Waals surface area contributed by atoms with Crippen LogP contribution in [0.3, 0.4) is 0 Å². The molecule has 0 spiro atoms. The quantitative estimate of drug-likeness (QED) is 0.863. The molecule has 1 aromatic carbocycles. The van der Waals surface area contributed by atoms with Crippen molar-refractivity contribution in [3.8, 4) is 0 Å². The Morgan fingerprint density at radius 3 is 2.47 bits per heavy atom. The molecule has 3 nitrogen and oxygen atoms in total. The van der Waals surface area contributed by atoms with Crippen LogP contribution < -0.4 is 5.73 Å². The van der Waals surface area contributed by atoms with E-state index < -0.39 is 6.17 Å². The zero-order valence-electron chi connectivity index (χ0n) is 9.94. The summed E-state index contributed by atoms with van der Waals surface area (Å²) in [5, 5.41) is 0. The number of rotatable bonds is 4. The van der Waals surface area contributed by atoms with Crippen LogP contribution >= 0.6 is 0 Å². The van der Waals surface area contributed by atoms with Crippen molar-refractivity contribution < 1.29 is 9.13 Å². The SMILES string of the molecule is NCC(F)c1ccc(CN2CCOCC2)cc1. The third-order valence-corrected chi connectivity index (χ3v) is 3.06. The summed E-state index contributed by atoms with van der Waals surface area (Å²) in [6.45, 7) is 4.49. The van der Waals surface area contributed by atoms with Gasteiger partial charge in [-0.1, -0.05) is 24.3 Å². The summed E-state index contributed by atoms with van der Waals surface area (Å²) >= 11 is 0. The molecular weight excluding hydrogens is 219 g/mol. The molecule has 0 amide bonds. The number of benzene rings is 1. The van der Waals surface area contributed by atoms with Crippen molar-refractivity contribution in [2.75, 3.05) is 32.8 Å². The average Bonchev–Trinajstić information content (AvgIpc) is 2.40. The second kappa shape index (κ2) is 6.10. The molecule has 1 aliphatic rings. The van der Waals surface area contributed by atoms with Crippen molar-refractivity contribution in [2.24, 2.45) is 5.73 Å². The molecule has 0 radical (unpaired) electrons. The van der Waals surface area contributed by atoms with E-state index >= 15 is 0 Å². The van der Waals surface area contributed by atoms with Gasteiger partial charge in [0.15, 0.2) is 0 Å². The number of halogens is 1. The van der Waals surface area contributed by atoms with Gasteiger partial charge in [-0.05, 0) is 11.1 Å². The van der Waals surface area contributed by atoms with E-state index in [0.29, 0.717) is 5.56 Å². The molecule has 1 unspecified atom stereocenters. The largest absolute Gasteiger partial charge is 0.379 e. The molecule has 1 atom stereocenters. The third kappa shape index (κ3) is 3.49. The highest BCUT2D eigenvalue weighted by Crippen LogP contribution is 2.17. The van der Waals surface area contributed by atoms with E-state index in [1.807, 2.05) is 24.3 Å². The van der Waals surface area contributed by atoms with Crippen molar-refractivity contribution in [1.82, 2.24) is 4.90 Å². The summed E-state index contributed by atoms with van der Waals surface area (Å²) in [4.78, 5) is 2.34. The van der Waals surface area contributed by atoms with Gasteiger partial charge in [-0.2, -0.15) is 0 Å². The van der Waals surface area contributed by atoms with Crippen molar-refractivity contribution in [3.05, 3.63) is 35.4 Å². The maximum absolute atomic E-state index is 13.3. The molecule has 2 N–H and O–H groups in total. The zero-order chi connectivity index (χ0) is 12.1. The average molecular weight is 238 g/mol. The minimum atomic E-state index is -1.05. The Labute approximate surface area is 101 Å². The van der Waals surface area contributed by atoms with Crippen molar-refractivity contribution in [1.29, 1.82) is 0 Å². The van der Waals surface area contributed by atoms with Gasteiger partial charge in [-0.3, -0.25) is 4.90 Å². The van der Waals surface area contributed by atoms with Gasteiger partial charge in [0.25, 0.3) is 0 Å². The van der Waals surface area contributed by atoms with Gasteiger partial charge < -0.3 is 10.5 Å². The number of alkyl halides is 1. The predicted molar refractivity (Wildman–Crippen MR) is 65.4 cm³/mol. The van der Waals surface area contributed by atoms with E-state index in [4.69, 9.17) is 10.5 Å². The number of hydrogen-bond donors (Lipinski definition) is 1. The minimum absolute atomic E-state index is 0.0445. The Balaban J connectivity index is 1.93. The molecule has 17 heavy (non-hydrogen) atoms. The number of nitrogens with two attached hydrogens (primary N) is 1. The van der Waals surface area contributed by atoms with E-state index in [1.54, 1.807) is 0 Å². The molecule has 1 fully saturated rings. The summed E-state index contributed by atoms with van der Waals surface area (Å²) in [7, 11) is 0. The van der Waals surface area contributed by atoms with Gasteiger partial charge >= 0.3 is 0 Å². The zero-order valence-corrected chi connectivity index (χ0v) is 9.94. The van der Waals surface area contributed by atoms with Gasteiger partial charge in [-0.25, -0.2) is 4.39 Å². The molecule has 0 saturated carbocycles. The van der Waals surface area contributed by atoms with Gasteiger partial charge in [0.1, 0.15) is 6.17 Å². The summed E-state index contributed by atoms with van der Waals surface area (Å²) in [6.07, 6.45) is -1.05. The molecule has 1 aliphatic heterocycles. The smallest absolute Gasteiger partial charge is 0.137 e. The second-order valence-corrected chi connectivity index (χ2v) is 4.33. The van der Waals surface area contributed by atoms with Crippen LogP contribution in [0, 0.1) is 0 Å². The van der Waals surface area contributed by atoms with E-state index in [1.165, 1.54) is 5.56 Å². The van der Waals surface area contributed by atoms with E-state index in [9.17, 15) is 4.39 Å². The molecule has 1 aromatic rings. The van der Waals surface area contributed by atoms with Crippen LogP contribution in [-0.2, 0) is 11.3 Å². The Bertz CT molecular complexity index is 336. The first kappa shape index (κ1) is 12.5. The van der Waals surface area contributed by atoms with Gasteiger partial charge in [0.2, 0.25) is 0 Å².